The third kappa shape index (κ3) is 10.0. The standard InChI is InChI=1S/C30H51N3O4/c1-11-14-15-18-31-27(34)26(24-17-16-20(4)19-22(24)6)33(23(7)13-3)28(35)25(21(5)12-2)32-29(36)37-30(8,9)10/h16-17,19,21,23,25-26H,11-15,18H2,1-10H3,(H,31,34)(H,32,36). The van der Waals surface area contributed by atoms with Gasteiger partial charge in [-0.25, -0.2) is 4.79 Å². The van der Waals surface area contributed by atoms with Gasteiger partial charge in [0.25, 0.3) is 0 Å². The summed E-state index contributed by atoms with van der Waals surface area (Å²) >= 11 is 0. The Morgan fingerprint density at radius 2 is 1.65 bits per heavy atom. The molecule has 0 heterocycles. The van der Waals surface area contributed by atoms with E-state index in [-0.39, 0.29) is 23.8 Å². The molecule has 0 spiro atoms. The van der Waals surface area contributed by atoms with Crippen molar-refractivity contribution >= 4 is 17.9 Å². The molecule has 0 aliphatic rings. The number of benzene rings is 1. The van der Waals surface area contributed by atoms with Crippen LogP contribution in [0.4, 0.5) is 4.79 Å². The van der Waals surface area contributed by atoms with Gasteiger partial charge in [-0.05, 0) is 71.4 Å². The smallest absolute Gasteiger partial charge is 0.408 e. The van der Waals surface area contributed by atoms with Crippen LogP contribution in [0.25, 0.3) is 0 Å². The summed E-state index contributed by atoms with van der Waals surface area (Å²) < 4.78 is 5.48. The Bertz CT molecular complexity index is 893. The van der Waals surface area contributed by atoms with Gasteiger partial charge in [0.15, 0.2) is 0 Å². The van der Waals surface area contributed by atoms with Crippen molar-refractivity contribution in [2.45, 2.75) is 125 Å². The highest BCUT2D eigenvalue weighted by Gasteiger charge is 2.40. The molecule has 1 aromatic rings. The number of ether oxygens (including phenoxy) is 1. The monoisotopic (exact) mass is 517 g/mol. The fourth-order valence-corrected chi connectivity index (χ4v) is 4.31. The van der Waals surface area contributed by atoms with E-state index in [1.807, 2.05) is 59.7 Å². The average Bonchev–Trinajstić information content (AvgIpc) is 2.81. The van der Waals surface area contributed by atoms with Crippen LogP contribution in [0.1, 0.15) is 110 Å². The summed E-state index contributed by atoms with van der Waals surface area (Å²) in [6.07, 6.45) is 3.67. The van der Waals surface area contributed by atoms with E-state index < -0.39 is 23.8 Å². The van der Waals surface area contributed by atoms with Gasteiger partial charge in [-0.1, -0.05) is 70.7 Å². The number of hydrogen-bond acceptors (Lipinski definition) is 4. The molecule has 2 N–H and O–H groups in total. The normalized spacial score (nSPS) is 14.8. The Labute approximate surface area is 225 Å². The molecule has 0 saturated carbocycles. The van der Waals surface area contributed by atoms with Gasteiger partial charge in [-0.15, -0.1) is 0 Å². The van der Waals surface area contributed by atoms with Gasteiger partial charge in [-0.2, -0.15) is 0 Å². The minimum atomic E-state index is -0.824. The molecule has 0 aromatic heterocycles. The minimum absolute atomic E-state index is 0.154. The maximum absolute atomic E-state index is 14.3. The molecule has 37 heavy (non-hydrogen) atoms. The molecule has 0 saturated heterocycles. The molecular weight excluding hydrogens is 466 g/mol. The average molecular weight is 518 g/mol. The Balaban J connectivity index is 3.56. The third-order valence-electron chi connectivity index (χ3n) is 6.80. The van der Waals surface area contributed by atoms with Crippen molar-refractivity contribution in [2.75, 3.05) is 6.54 Å². The molecule has 1 aromatic carbocycles. The number of carbonyl (C=O) groups excluding carboxylic acids is 3. The van der Waals surface area contributed by atoms with Crippen molar-refractivity contribution in [1.82, 2.24) is 15.5 Å². The number of amides is 3. The Kier molecular flexibility index (Phi) is 13.2. The van der Waals surface area contributed by atoms with Gasteiger partial charge in [0.1, 0.15) is 17.7 Å². The number of aryl methyl sites for hydroxylation is 2. The van der Waals surface area contributed by atoms with Gasteiger partial charge in [0, 0.05) is 12.6 Å². The molecule has 1 rings (SSSR count). The molecular formula is C30H51N3O4. The van der Waals surface area contributed by atoms with Crippen LogP contribution in [0.3, 0.4) is 0 Å². The molecule has 0 aliphatic carbocycles. The quantitative estimate of drug-likeness (QED) is 0.304. The number of hydrogen-bond donors (Lipinski definition) is 2. The predicted octanol–water partition coefficient (Wildman–Crippen LogP) is 6.22. The SMILES string of the molecule is CCCCCNC(=O)C(c1ccc(C)cc1C)N(C(=O)C(NC(=O)OC(C)(C)C)C(C)CC)C(C)CC. The lowest BCUT2D eigenvalue weighted by atomic mass is 9.92. The van der Waals surface area contributed by atoms with Gasteiger partial charge in [0.2, 0.25) is 11.8 Å². The lowest BCUT2D eigenvalue weighted by molar-refractivity contribution is -0.146. The largest absolute Gasteiger partial charge is 0.444 e. The summed E-state index contributed by atoms with van der Waals surface area (Å²) in [6.45, 7) is 19.9. The summed E-state index contributed by atoms with van der Waals surface area (Å²) in [5, 5.41) is 5.91. The van der Waals surface area contributed by atoms with Crippen LogP contribution in [0.15, 0.2) is 18.2 Å². The number of unbranched alkanes of at least 4 members (excludes halogenated alkanes) is 2. The first kappa shape index (κ1) is 32.5. The zero-order valence-electron chi connectivity index (χ0n) is 24.9. The zero-order chi connectivity index (χ0) is 28.3. The fraction of sp³-hybridized carbons (Fsp3) is 0.700. The highest BCUT2D eigenvalue weighted by molar-refractivity contribution is 5.92. The van der Waals surface area contributed by atoms with Crippen molar-refractivity contribution in [1.29, 1.82) is 0 Å². The van der Waals surface area contributed by atoms with E-state index in [0.29, 0.717) is 19.4 Å². The van der Waals surface area contributed by atoms with Crippen LogP contribution in [0.5, 0.6) is 0 Å². The second-order valence-electron chi connectivity index (χ2n) is 11.3. The second-order valence-corrected chi connectivity index (χ2v) is 11.3. The maximum Gasteiger partial charge on any atom is 0.408 e. The lowest BCUT2D eigenvalue weighted by Gasteiger charge is -2.40. The van der Waals surface area contributed by atoms with E-state index in [9.17, 15) is 14.4 Å². The van der Waals surface area contributed by atoms with E-state index in [2.05, 4.69) is 17.6 Å². The van der Waals surface area contributed by atoms with Crippen molar-refractivity contribution in [2.24, 2.45) is 5.92 Å². The molecule has 3 amide bonds. The molecule has 0 fully saturated rings. The van der Waals surface area contributed by atoms with Crippen LogP contribution < -0.4 is 10.6 Å². The van der Waals surface area contributed by atoms with Crippen LogP contribution in [0, 0.1) is 19.8 Å². The summed E-state index contributed by atoms with van der Waals surface area (Å²) in [5.74, 6) is -0.626. The van der Waals surface area contributed by atoms with Gasteiger partial charge in [-0.3, -0.25) is 9.59 Å². The molecule has 7 nitrogen and oxygen atoms in total. The number of rotatable bonds is 13. The lowest BCUT2D eigenvalue weighted by Crippen LogP contribution is -2.57. The number of alkyl carbamates (subject to hydrolysis) is 1. The first-order valence-electron chi connectivity index (χ1n) is 13.9. The molecule has 210 valence electrons. The maximum atomic E-state index is 14.3. The van der Waals surface area contributed by atoms with Crippen LogP contribution >= 0.6 is 0 Å². The topological polar surface area (TPSA) is 87.7 Å². The van der Waals surface area contributed by atoms with Gasteiger partial charge >= 0.3 is 6.09 Å². The Morgan fingerprint density at radius 1 is 1.00 bits per heavy atom. The predicted molar refractivity (Wildman–Crippen MR) is 150 cm³/mol. The zero-order valence-corrected chi connectivity index (χ0v) is 24.9. The Morgan fingerprint density at radius 3 is 2.16 bits per heavy atom. The summed E-state index contributed by atoms with van der Waals surface area (Å²) in [6, 6.07) is 4.10. The van der Waals surface area contributed by atoms with Crippen LogP contribution in [0.2, 0.25) is 0 Å². The van der Waals surface area contributed by atoms with Crippen molar-refractivity contribution in [3.63, 3.8) is 0 Å². The van der Waals surface area contributed by atoms with Crippen LogP contribution in [-0.4, -0.2) is 47.0 Å². The first-order chi connectivity index (χ1) is 17.3. The minimum Gasteiger partial charge on any atom is -0.444 e. The van der Waals surface area contributed by atoms with E-state index >= 15 is 0 Å². The van der Waals surface area contributed by atoms with Crippen molar-refractivity contribution < 1.29 is 19.1 Å². The molecule has 0 radical (unpaired) electrons. The molecule has 7 heteroatoms. The van der Waals surface area contributed by atoms with Crippen LogP contribution in [-0.2, 0) is 14.3 Å². The summed E-state index contributed by atoms with van der Waals surface area (Å²) in [5.41, 5.74) is 2.15. The van der Waals surface area contributed by atoms with E-state index in [0.717, 1.165) is 36.0 Å². The van der Waals surface area contributed by atoms with Crippen molar-refractivity contribution in [3.8, 4) is 0 Å². The van der Waals surface area contributed by atoms with Crippen molar-refractivity contribution in [3.05, 3.63) is 34.9 Å². The molecule has 4 unspecified atom stereocenters. The summed E-state index contributed by atoms with van der Waals surface area (Å²) in [4.78, 5) is 42.5. The number of carbonyl (C=O) groups is 3. The number of nitrogens with zero attached hydrogens (tertiary/aromatic N) is 1. The Hall–Kier alpha value is -2.57. The van der Waals surface area contributed by atoms with Gasteiger partial charge in [0.05, 0.1) is 0 Å². The molecule has 0 aliphatic heterocycles. The fourth-order valence-electron chi connectivity index (χ4n) is 4.31. The molecule has 4 atom stereocenters. The second kappa shape index (κ2) is 15.0. The van der Waals surface area contributed by atoms with Gasteiger partial charge < -0.3 is 20.3 Å². The highest BCUT2D eigenvalue weighted by atomic mass is 16.6. The number of nitrogens with one attached hydrogen (secondary N) is 2. The third-order valence-corrected chi connectivity index (χ3v) is 6.80. The first-order valence-corrected chi connectivity index (χ1v) is 13.9. The van der Waals surface area contributed by atoms with E-state index in [4.69, 9.17) is 4.74 Å². The highest BCUT2D eigenvalue weighted by Crippen LogP contribution is 2.30. The molecule has 0 bridgehead atoms. The van der Waals surface area contributed by atoms with E-state index in [1.165, 1.54) is 0 Å². The summed E-state index contributed by atoms with van der Waals surface area (Å²) in [7, 11) is 0. The van der Waals surface area contributed by atoms with E-state index in [1.54, 1.807) is 25.7 Å².